The molecule has 1 heterocycles. The van der Waals surface area contributed by atoms with Crippen molar-refractivity contribution in [3.63, 3.8) is 0 Å². The van der Waals surface area contributed by atoms with Gasteiger partial charge >= 0.3 is 5.97 Å². The number of thioether (sulfide) groups is 1. The standard InChI is InChI=1S/C12H17N3O2S/c1-17-12(16)10-6-14-11(7-13-10)15-8-3-4-9(5-8)18-2/h6-9H,3-5H2,1-2H3,(H,14,15). The summed E-state index contributed by atoms with van der Waals surface area (Å²) in [6, 6.07) is 0.459. The first-order valence-electron chi connectivity index (χ1n) is 5.92. The highest BCUT2D eigenvalue weighted by atomic mass is 32.2. The highest BCUT2D eigenvalue weighted by Gasteiger charge is 2.24. The molecule has 1 N–H and O–H groups in total. The summed E-state index contributed by atoms with van der Waals surface area (Å²) in [7, 11) is 1.33. The zero-order valence-corrected chi connectivity index (χ0v) is 11.4. The molecule has 18 heavy (non-hydrogen) atoms. The number of hydrogen-bond donors (Lipinski definition) is 1. The molecular weight excluding hydrogens is 250 g/mol. The van der Waals surface area contributed by atoms with Crippen LogP contribution >= 0.6 is 11.8 Å². The van der Waals surface area contributed by atoms with Crippen molar-refractivity contribution in [1.82, 2.24) is 9.97 Å². The molecule has 2 unspecified atom stereocenters. The van der Waals surface area contributed by atoms with Gasteiger partial charge in [0.05, 0.1) is 19.5 Å². The van der Waals surface area contributed by atoms with Crippen LogP contribution in [0, 0.1) is 0 Å². The van der Waals surface area contributed by atoms with Gasteiger partial charge in [0.2, 0.25) is 0 Å². The number of methoxy groups -OCH3 is 1. The Kier molecular flexibility index (Phi) is 4.41. The van der Waals surface area contributed by atoms with Crippen LogP contribution in [0.4, 0.5) is 5.82 Å². The molecule has 0 bridgehead atoms. The Labute approximate surface area is 111 Å². The molecule has 1 aromatic heterocycles. The van der Waals surface area contributed by atoms with Crippen LogP contribution in [0.15, 0.2) is 12.4 Å². The lowest BCUT2D eigenvalue weighted by atomic mass is 10.2. The van der Waals surface area contributed by atoms with Gasteiger partial charge in [0, 0.05) is 11.3 Å². The maximum absolute atomic E-state index is 11.2. The Morgan fingerprint density at radius 1 is 1.44 bits per heavy atom. The summed E-state index contributed by atoms with van der Waals surface area (Å²) in [4.78, 5) is 19.4. The molecule has 0 spiro atoms. The second-order valence-corrected chi connectivity index (χ2v) is 5.43. The van der Waals surface area contributed by atoms with Crippen molar-refractivity contribution in [3.8, 4) is 0 Å². The predicted octanol–water partition coefficient (Wildman–Crippen LogP) is 1.96. The third-order valence-electron chi connectivity index (χ3n) is 3.12. The van der Waals surface area contributed by atoms with Crippen LogP contribution in [0.2, 0.25) is 0 Å². The molecule has 1 aliphatic rings. The molecule has 1 aromatic rings. The molecule has 2 atom stereocenters. The van der Waals surface area contributed by atoms with E-state index in [1.165, 1.54) is 19.7 Å². The number of nitrogens with zero attached hydrogens (tertiary/aromatic N) is 2. The average molecular weight is 267 g/mol. The smallest absolute Gasteiger partial charge is 0.358 e. The second-order valence-electron chi connectivity index (χ2n) is 4.29. The normalized spacial score (nSPS) is 22.8. The minimum Gasteiger partial charge on any atom is -0.464 e. The molecule has 5 nitrogen and oxygen atoms in total. The molecule has 6 heteroatoms. The fourth-order valence-electron chi connectivity index (χ4n) is 2.11. The number of aromatic nitrogens is 2. The van der Waals surface area contributed by atoms with Crippen LogP contribution in [-0.2, 0) is 4.74 Å². The van der Waals surface area contributed by atoms with Gasteiger partial charge < -0.3 is 10.1 Å². The topological polar surface area (TPSA) is 64.1 Å². The summed E-state index contributed by atoms with van der Waals surface area (Å²) in [5.74, 6) is 0.256. The Morgan fingerprint density at radius 2 is 2.28 bits per heavy atom. The van der Waals surface area contributed by atoms with E-state index < -0.39 is 5.97 Å². The van der Waals surface area contributed by atoms with E-state index in [1.807, 2.05) is 11.8 Å². The molecular formula is C12H17N3O2S. The zero-order valence-electron chi connectivity index (χ0n) is 10.5. The van der Waals surface area contributed by atoms with E-state index in [0.717, 1.165) is 23.9 Å². The lowest BCUT2D eigenvalue weighted by Crippen LogP contribution is -2.17. The fourth-order valence-corrected chi connectivity index (χ4v) is 2.90. The molecule has 0 aromatic carbocycles. The summed E-state index contributed by atoms with van der Waals surface area (Å²) in [5, 5.41) is 4.09. The number of hydrogen-bond acceptors (Lipinski definition) is 6. The molecule has 2 rings (SSSR count). The van der Waals surface area contributed by atoms with Crippen molar-refractivity contribution in [2.45, 2.75) is 30.6 Å². The zero-order chi connectivity index (χ0) is 13.0. The molecule has 0 saturated heterocycles. The third-order valence-corrected chi connectivity index (χ3v) is 4.21. The van der Waals surface area contributed by atoms with E-state index in [4.69, 9.17) is 0 Å². The largest absolute Gasteiger partial charge is 0.464 e. The molecule has 1 fully saturated rings. The van der Waals surface area contributed by atoms with Crippen molar-refractivity contribution in [1.29, 1.82) is 0 Å². The van der Waals surface area contributed by atoms with Crippen LogP contribution < -0.4 is 5.32 Å². The summed E-state index contributed by atoms with van der Waals surface area (Å²) in [5.41, 5.74) is 0.233. The number of carbonyl (C=O) groups is 1. The SMILES string of the molecule is COC(=O)c1cnc(NC2CCC(SC)C2)cn1. The molecule has 1 aliphatic carbocycles. The van der Waals surface area contributed by atoms with E-state index in [1.54, 1.807) is 6.20 Å². The summed E-state index contributed by atoms with van der Waals surface area (Å²) < 4.78 is 4.57. The number of rotatable bonds is 4. The van der Waals surface area contributed by atoms with Crippen LogP contribution in [0.1, 0.15) is 29.8 Å². The average Bonchev–Trinajstić information content (AvgIpc) is 2.86. The van der Waals surface area contributed by atoms with Crippen LogP contribution in [0.25, 0.3) is 0 Å². The van der Waals surface area contributed by atoms with Gasteiger partial charge in [0.1, 0.15) is 5.82 Å². The summed E-state index contributed by atoms with van der Waals surface area (Å²) >= 11 is 1.92. The fraction of sp³-hybridized carbons (Fsp3) is 0.583. The predicted molar refractivity (Wildman–Crippen MR) is 71.9 cm³/mol. The Balaban J connectivity index is 1.92. The van der Waals surface area contributed by atoms with Gasteiger partial charge in [-0.3, -0.25) is 0 Å². The van der Waals surface area contributed by atoms with Crippen molar-refractivity contribution >= 4 is 23.5 Å². The van der Waals surface area contributed by atoms with E-state index in [0.29, 0.717) is 6.04 Å². The van der Waals surface area contributed by atoms with Crippen LogP contribution in [-0.4, -0.2) is 40.6 Å². The van der Waals surface area contributed by atoms with Gasteiger partial charge in [-0.25, -0.2) is 14.8 Å². The third kappa shape index (κ3) is 3.13. The number of ether oxygens (including phenoxy) is 1. The minimum absolute atomic E-state index is 0.233. The second kappa shape index (κ2) is 6.04. The number of carbonyl (C=O) groups excluding carboxylic acids is 1. The van der Waals surface area contributed by atoms with Gasteiger partial charge in [-0.2, -0.15) is 11.8 Å². The van der Waals surface area contributed by atoms with E-state index in [-0.39, 0.29) is 5.69 Å². The van der Waals surface area contributed by atoms with Crippen molar-refractivity contribution in [3.05, 3.63) is 18.1 Å². The first-order chi connectivity index (χ1) is 8.72. The Morgan fingerprint density at radius 3 is 2.83 bits per heavy atom. The maximum Gasteiger partial charge on any atom is 0.358 e. The van der Waals surface area contributed by atoms with Crippen molar-refractivity contribution in [2.24, 2.45) is 0 Å². The number of esters is 1. The summed E-state index contributed by atoms with van der Waals surface area (Å²) in [6.07, 6.45) is 8.73. The number of nitrogens with one attached hydrogen (secondary N) is 1. The van der Waals surface area contributed by atoms with Gasteiger partial charge in [0.15, 0.2) is 5.69 Å². The van der Waals surface area contributed by atoms with E-state index in [9.17, 15) is 4.79 Å². The van der Waals surface area contributed by atoms with Gasteiger partial charge in [-0.05, 0) is 25.5 Å². The van der Waals surface area contributed by atoms with E-state index >= 15 is 0 Å². The quantitative estimate of drug-likeness (QED) is 0.841. The van der Waals surface area contributed by atoms with Crippen molar-refractivity contribution < 1.29 is 9.53 Å². The maximum atomic E-state index is 11.2. The molecule has 0 amide bonds. The van der Waals surface area contributed by atoms with Crippen LogP contribution in [0.3, 0.4) is 0 Å². The van der Waals surface area contributed by atoms with Crippen LogP contribution in [0.5, 0.6) is 0 Å². The van der Waals surface area contributed by atoms with E-state index in [2.05, 4.69) is 26.3 Å². The summed E-state index contributed by atoms with van der Waals surface area (Å²) in [6.45, 7) is 0. The van der Waals surface area contributed by atoms with Gasteiger partial charge in [-0.1, -0.05) is 0 Å². The molecule has 1 saturated carbocycles. The molecule has 98 valence electrons. The minimum atomic E-state index is -0.461. The highest BCUT2D eigenvalue weighted by Crippen LogP contribution is 2.29. The number of anilines is 1. The first kappa shape index (κ1) is 13.1. The molecule has 0 aliphatic heterocycles. The lowest BCUT2D eigenvalue weighted by Gasteiger charge is -2.13. The van der Waals surface area contributed by atoms with Gasteiger partial charge in [0.25, 0.3) is 0 Å². The Hall–Kier alpha value is -1.30. The van der Waals surface area contributed by atoms with Crippen molar-refractivity contribution in [2.75, 3.05) is 18.7 Å². The first-order valence-corrected chi connectivity index (χ1v) is 7.21. The Bertz CT molecular complexity index is 410. The molecule has 0 radical (unpaired) electrons. The lowest BCUT2D eigenvalue weighted by molar-refractivity contribution is 0.0593. The van der Waals surface area contributed by atoms with Gasteiger partial charge in [-0.15, -0.1) is 0 Å². The monoisotopic (exact) mass is 267 g/mol. The highest BCUT2D eigenvalue weighted by molar-refractivity contribution is 7.99.